The Bertz CT molecular complexity index is 986. The first kappa shape index (κ1) is 18.2. The van der Waals surface area contributed by atoms with Crippen molar-refractivity contribution in [3.8, 4) is 0 Å². The van der Waals surface area contributed by atoms with Gasteiger partial charge in [0.25, 0.3) is 0 Å². The highest BCUT2D eigenvalue weighted by Gasteiger charge is 2.19. The van der Waals surface area contributed by atoms with Crippen molar-refractivity contribution in [3.05, 3.63) is 65.9 Å². The lowest BCUT2D eigenvalue weighted by Crippen LogP contribution is -2.28. The van der Waals surface area contributed by atoms with Crippen molar-refractivity contribution in [1.82, 2.24) is 5.32 Å². The second kappa shape index (κ2) is 7.33. The van der Waals surface area contributed by atoms with Gasteiger partial charge in [0, 0.05) is 11.8 Å². The summed E-state index contributed by atoms with van der Waals surface area (Å²) < 4.78 is 30.4. The van der Waals surface area contributed by atoms with Crippen molar-refractivity contribution in [2.45, 2.75) is 31.2 Å². The van der Waals surface area contributed by atoms with E-state index in [1.165, 1.54) is 0 Å². The van der Waals surface area contributed by atoms with Crippen LogP contribution in [0.1, 0.15) is 30.7 Å². The van der Waals surface area contributed by atoms with Crippen LogP contribution in [0.3, 0.4) is 0 Å². The number of sulfone groups is 1. The van der Waals surface area contributed by atoms with Gasteiger partial charge in [0.1, 0.15) is 11.3 Å². The summed E-state index contributed by atoms with van der Waals surface area (Å²) in [4.78, 5) is 12.4. The van der Waals surface area contributed by atoms with E-state index in [0.717, 1.165) is 16.5 Å². The molecule has 0 spiro atoms. The van der Waals surface area contributed by atoms with Gasteiger partial charge in [-0.3, -0.25) is 4.79 Å². The van der Waals surface area contributed by atoms with Gasteiger partial charge in [-0.1, -0.05) is 35.9 Å². The number of rotatable bonds is 6. The van der Waals surface area contributed by atoms with Crippen LogP contribution < -0.4 is 5.32 Å². The van der Waals surface area contributed by atoms with Crippen LogP contribution in [0.4, 0.5) is 0 Å². The van der Waals surface area contributed by atoms with Gasteiger partial charge in [-0.2, -0.15) is 0 Å². The minimum Gasteiger partial charge on any atom is -0.459 e. The molecule has 2 aromatic carbocycles. The molecule has 0 fully saturated rings. The van der Waals surface area contributed by atoms with Crippen molar-refractivity contribution in [1.29, 1.82) is 0 Å². The number of aryl methyl sites for hydroxylation is 1. The first-order chi connectivity index (χ1) is 12.3. The number of hydrogen-bond acceptors (Lipinski definition) is 4. The van der Waals surface area contributed by atoms with E-state index < -0.39 is 9.84 Å². The molecular formula is C20H21NO4S. The molecule has 1 atom stereocenters. The van der Waals surface area contributed by atoms with E-state index in [1.54, 1.807) is 24.3 Å². The highest BCUT2D eigenvalue weighted by Crippen LogP contribution is 2.23. The van der Waals surface area contributed by atoms with Crippen LogP contribution in [-0.4, -0.2) is 20.1 Å². The van der Waals surface area contributed by atoms with Crippen molar-refractivity contribution in [2.24, 2.45) is 0 Å². The second-order valence-corrected chi connectivity index (χ2v) is 8.47. The summed E-state index contributed by atoms with van der Waals surface area (Å²) in [6, 6.07) is 15.8. The van der Waals surface area contributed by atoms with E-state index in [0.29, 0.717) is 5.76 Å². The number of para-hydroxylation sites is 1. The van der Waals surface area contributed by atoms with E-state index in [2.05, 4.69) is 5.32 Å². The predicted molar refractivity (Wildman–Crippen MR) is 101 cm³/mol. The fourth-order valence-corrected chi connectivity index (χ4v) is 3.93. The molecule has 0 saturated carbocycles. The molecule has 0 bridgehead atoms. The van der Waals surface area contributed by atoms with Crippen LogP contribution in [0, 0.1) is 6.92 Å². The molecule has 1 aromatic heterocycles. The van der Waals surface area contributed by atoms with Crippen molar-refractivity contribution in [3.63, 3.8) is 0 Å². The zero-order valence-electron chi connectivity index (χ0n) is 14.7. The topological polar surface area (TPSA) is 76.4 Å². The molecule has 0 aliphatic carbocycles. The minimum absolute atomic E-state index is 0.0965. The van der Waals surface area contributed by atoms with Gasteiger partial charge in [0.05, 0.1) is 16.7 Å². The average Bonchev–Trinajstić information content (AvgIpc) is 3.05. The number of benzene rings is 2. The lowest BCUT2D eigenvalue weighted by Gasteiger charge is -2.11. The third-order valence-electron chi connectivity index (χ3n) is 4.23. The third kappa shape index (κ3) is 4.14. The Morgan fingerprint density at radius 2 is 1.81 bits per heavy atom. The molecule has 0 aliphatic rings. The number of carbonyl (C=O) groups excluding carboxylic acids is 1. The molecule has 1 heterocycles. The summed E-state index contributed by atoms with van der Waals surface area (Å²) in [6.45, 7) is 3.70. The summed E-state index contributed by atoms with van der Waals surface area (Å²) in [5, 5.41) is 3.76. The number of amides is 1. The molecule has 0 unspecified atom stereocenters. The first-order valence-corrected chi connectivity index (χ1v) is 10.1. The quantitative estimate of drug-likeness (QED) is 0.715. The number of fused-ring (bicyclic) bond motifs is 1. The highest BCUT2D eigenvalue weighted by atomic mass is 32.2. The molecule has 136 valence electrons. The SMILES string of the molecule is Cc1ccc(S(=O)(=O)CCC(=O)N[C@@H](C)c2cc3ccccc3o2)cc1. The van der Waals surface area contributed by atoms with Gasteiger partial charge >= 0.3 is 0 Å². The molecule has 6 heteroatoms. The van der Waals surface area contributed by atoms with Gasteiger partial charge in [0.2, 0.25) is 5.91 Å². The first-order valence-electron chi connectivity index (χ1n) is 8.42. The Kier molecular flexibility index (Phi) is 5.13. The molecule has 0 aliphatic heterocycles. The van der Waals surface area contributed by atoms with Crippen LogP contribution in [-0.2, 0) is 14.6 Å². The maximum absolute atomic E-state index is 12.3. The van der Waals surface area contributed by atoms with Crippen LogP contribution in [0.2, 0.25) is 0 Å². The summed E-state index contributed by atoms with van der Waals surface area (Å²) >= 11 is 0. The maximum atomic E-state index is 12.3. The summed E-state index contributed by atoms with van der Waals surface area (Å²) in [5.41, 5.74) is 1.74. The Hall–Kier alpha value is -2.60. The molecule has 3 rings (SSSR count). The lowest BCUT2D eigenvalue weighted by atomic mass is 10.2. The van der Waals surface area contributed by atoms with Gasteiger partial charge in [-0.25, -0.2) is 8.42 Å². The molecular weight excluding hydrogens is 350 g/mol. The average molecular weight is 371 g/mol. The second-order valence-electron chi connectivity index (χ2n) is 6.36. The monoisotopic (exact) mass is 371 g/mol. The van der Waals surface area contributed by atoms with Gasteiger partial charge in [-0.15, -0.1) is 0 Å². The zero-order chi connectivity index (χ0) is 18.7. The molecule has 26 heavy (non-hydrogen) atoms. The fraction of sp³-hybridized carbons (Fsp3) is 0.250. The Morgan fingerprint density at radius 3 is 2.50 bits per heavy atom. The maximum Gasteiger partial charge on any atom is 0.221 e. The smallest absolute Gasteiger partial charge is 0.221 e. The highest BCUT2D eigenvalue weighted by molar-refractivity contribution is 7.91. The Labute approximate surface area is 152 Å². The van der Waals surface area contributed by atoms with Crippen molar-refractivity contribution >= 4 is 26.7 Å². The van der Waals surface area contributed by atoms with Crippen LogP contribution in [0.25, 0.3) is 11.0 Å². The molecule has 0 saturated heterocycles. The molecule has 5 nitrogen and oxygen atoms in total. The molecule has 3 aromatic rings. The van der Waals surface area contributed by atoms with Crippen LogP contribution in [0.5, 0.6) is 0 Å². The van der Waals surface area contributed by atoms with Gasteiger partial charge in [-0.05, 0) is 38.1 Å². The third-order valence-corrected chi connectivity index (χ3v) is 5.96. The summed E-state index contributed by atoms with van der Waals surface area (Å²) in [5.74, 6) is 0.0870. The van der Waals surface area contributed by atoms with Crippen LogP contribution >= 0.6 is 0 Å². The van der Waals surface area contributed by atoms with E-state index in [1.807, 2.05) is 44.2 Å². The van der Waals surface area contributed by atoms with E-state index in [4.69, 9.17) is 4.42 Å². The molecule has 0 radical (unpaired) electrons. The van der Waals surface area contributed by atoms with E-state index >= 15 is 0 Å². The lowest BCUT2D eigenvalue weighted by molar-refractivity contribution is -0.121. The normalized spacial score (nSPS) is 12.8. The predicted octanol–water partition coefficient (Wildman–Crippen LogP) is 3.78. The largest absolute Gasteiger partial charge is 0.459 e. The zero-order valence-corrected chi connectivity index (χ0v) is 15.5. The Morgan fingerprint density at radius 1 is 1.12 bits per heavy atom. The van der Waals surface area contributed by atoms with Gasteiger partial charge in [0.15, 0.2) is 9.84 Å². The van der Waals surface area contributed by atoms with E-state index in [-0.39, 0.29) is 29.0 Å². The van der Waals surface area contributed by atoms with Gasteiger partial charge < -0.3 is 9.73 Å². The van der Waals surface area contributed by atoms with Crippen molar-refractivity contribution in [2.75, 3.05) is 5.75 Å². The summed E-state index contributed by atoms with van der Waals surface area (Å²) in [7, 11) is -3.48. The molecule has 1 N–H and O–H groups in total. The van der Waals surface area contributed by atoms with Crippen molar-refractivity contribution < 1.29 is 17.6 Å². The number of hydrogen-bond donors (Lipinski definition) is 1. The fourth-order valence-electron chi connectivity index (χ4n) is 2.69. The Balaban J connectivity index is 1.60. The number of carbonyl (C=O) groups is 1. The number of nitrogens with one attached hydrogen (secondary N) is 1. The number of furan rings is 1. The summed E-state index contributed by atoms with van der Waals surface area (Å²) in [6.07, 6.45) is -0.0965. The minimum atomic E-state index is -3.48. The molecule has 1 amide bonds. The van der Waals surface area contributed by atoms with Crippen LogP contribution in [0.15, 0.2) is 63.9 Å². The van der Waals surface area contributed by atoms with E-state index in [9.17, 15) is 13.2 Å². The standard InChI is InChI=1S/C20H21NO4S/c1-14-7-9-17(10-8-14)26(23,24)12-11-20(22)21-15(2)19-13-16-5-3-4-6-18(16)25-19/h3-10,13,15H,11-12H2,1-2H3,(H,21,22)/t15-/m0/s1.